The highest BCUT2D eigenvalue weighted by Gasteiger charge is 2.14. The molecular weight excluding hydrogens is 389 g/mol. The highest BCUT2D eigenvalue weighted by molar-refractivity contribution is 14.1. The third kappa shape index (κ3) is 3.43. The summed E-state index contributed by atoms with van der Waals surface area (Å²) in [6.45, 7) is 1.95. The van der Waals surface area contributed by atoms with E-state index < -0.39 is 0 Å². The molecule has 0 spiro atoms. The van der Waals surface area contributed by atoms with Gasteiger partial charge in [-0.3, -0.25) is 4.79 Å². The lowest BCUT2D eigenvalue weighted by atomic mass is 10.1. The van der Waals surface area contributed by atoms with Crippen molar-refractivity contribution in [2.75, 3.05) is 12.4 Å². The van der Waals surface area contributed by atoms with Crippen LogP contribution in [-0.2, 0) is 0 Å². The maximum atomic E-state index is 12.3. The van der Waals surface area contributed by atoms with Crippen LogP contribution in [0.4, 0.5) is 5.69 Å². The summed E-state index contributed by atoms with van der Waals surface area (Å²) in [4.78, 5) is 12.3. The van der Waals surface area contributed by atoms with Gasteiger partial charge in [0.05, 0.1) is 12.7 Å². The van der Waals surface area contributed by atoms with Crippen LogP contribution in [0, 0.1) is 10.5 Å². The van der Waals surface area contributed by atoms with E-state index in [2.05, 4.69) is 27.9 Å². The fraction of sp³-hybridized carbons (Fsp3) is 0.133. The van der Waals surface area contributed by atoms with Gasteiger partial charge in [0.2, 0.25) is 0 Å². The van der Waals surface area contributed by atoms with Gasteiger partial charge in [0.1, 0.15) is 5.75 Å². The van der Waals surface area contributed by atoms with Crippen molar-refractivity contribution in [1.82, 2.24) is 0 Å². The Morgan fingerprint density at radius 2 is 2.00 bits per heavy atom. The molecule has 0 bridgehead atoms. The number of benzene rings is 2. The standard InChI is InChI=1S/C15H13ClINO2/c1-9-7-11(17)4-5-13(9)18-15(19)12-8-10(16)3-6-14(12)20-2/h3-8H,1-2H3,(H,18,19). The van der Waals surface area contributed by atoms with E-state index in [1.54, 1.807) is 18.2 Å². The quantitative estimate of drug-likeness (QED) is 0.768. The fourth-order valence-corrected chi connectivity index (χ4v) is 2.63. The van der Waals surface area contributed by atoms with Crippen molar-refractivity contribution in [3.05, 3.63) is 56.1 Å². The predicted molar refractivity (Wildman–Crippen MR) is 89.9 cm³/mol. The average Bonchev–Trinajstić information content (AvgIpc) is 2.41. The molecule has 0 aliphatic carbocycles. The van der Waals surface area contributed by atoms with E-state index in [-0.39, 0.29) is 5.91 Å². The molecule has 5 heteroatoms. The Balaban J connectivity index is 2.30. The number of aryl methyl sites for hydroxylation is 1. The van der Waals surface area contributed by atoms with E-state index in [0.29, 0.717) is 16.3 Å². The van der Waals surface area contributed by atoms with Crippen molar-refractivity contribution in [2.24, 2.45) is 0 Å². The average molecular weight is 402 g/mol. The molecule has 0 fully saturated rings. The number of ether oxygens (including phenoxy) is 1. The number of halogens is 2. The molecule has 0 atom stereocenters. The van der Waals surface area contributed by atoms with Crippen LogP contribution >= 0.6 is 34.2 Å². The van der Waals surface area contributed by atoms with Crippen LogP contribution in [0.15, 0.2) is 36.4 Å². The lowest BCUT2D eigenvalue weighted by molar-refractivity contribution is 0.102. The predicted octanol–water partition coefficient (Wildman–Crippen LogP) is 4.51. The van der Waals surface area contributed by atoms with Gasteiger partial charge in [-0.15, -0.1) is 0 Å². The summed E-state index contributed by atoms with van der Waals surface area (Å²) in [6, 6.07) is 10.8. The summed E-state index contributed by atoms with van der Waals surface area (Å²) in [7, 11) is 1.52. The van der Waals surface area contributed by atoms with Gasteiger partial charge >= 0.3 is 0 Å². The van der Waals surface area contributed by atoms with Gasteiger partial charge in [0.15, 0.2) is 0 Å². The van der Waals surface area contributed by atoms with Gasteiger partial charge < -0.3 is 10.1 Å². The number of methoxy groups -OCH3 is 1. The van der Waals surface area contributed by atoms with Crippen molar-refractivity contribution in [3.63, 3.8) is 0 Å². The molecule has 0 saturated carbocycles. The molecule has 0 aromatic heterocycles. The molecule has 0 heterocycles. The Morgan fingerprint density at radius 1 is 1.25 bits per heavy atom. The molecule has 1 amide bonds. The first-order valence-corrected chi connectivity index (χ1v) is 7.38. The molecule has 0 aliphatic heterocycles. The lowest BCUT2D eigenvalue weighted by Crippen LogP contribution is -2.14. The molecule has 1 N–H and O–H groups in total. The van der Waals surface area contributed by atoms with Crippen molar-refractivity contribution in [3.8, 4) is 5.75 Å². The van der Waals surface area contributed by atoms with Crippen molar-refractivity contribution in [2.45, 2.75) is 6.92 Å². The Morgan fingerprint density at radius 3 is 2.65 bits per heavy atom. The van der Waals surface area contributed by atoms with E-state index in [9.17, 15) is 4.79 Å². The minimum atomic E-state index is -0.242. The van der Waals surface area contributed by atoms with E-state index in [1.165, 1.54) is 7.11 Å². The summed E-state index contributed by atoms with van der Waals surface area (Å²) >= 11 is 8.17. The van der Waals surface area contributed by atoms with Crippen LogP contribution in [0.1, 0.15) is 15.9 Å². The molecule has 0 saturated heterocycles. The summed E-state index contributed by atoms with van der Waals surface area (Å²) in [5.41, 5.74) is 2.20. The first-order chi connectivity index (χ1) is 9.51. The Kier molecular flexibility index (Phi) is 4.88. The van der Waals surface area contributed by atoms with Crippen LogP contribution < -0.4 is 10.1 Å². The minimum Gasteiger partial charge on any atom is -0.496 e. The van der Waals surface area contributed by atoms with Crippen LogP contribution in [0.3, 0.4) is 0 Å². The Hall–Kier alpha value is -1.27. The zero-order valence-corrected chi connectivity index (χ0v) is 13.9. The summed E-state index contributed by atoms with van der Waals surface area (Å²) in [5, 5.41) is 3.37. The SMILES string of the molecule is COc1ccc(Cl)cc1C(=O)Nc1ccc(I)cc1C. The number of hydrogen-bond donors (Lipinski definition) is 1. The molecule has 2 aromatic rings. The molecule has 0 unspecified atom stereocenters. The van der Waals surface area contributed by atoms with Gasteiger partial charge in [-0.05, 0) is 71.5 Å². The van der Waals surface area contributed by atoms with E-state index in [1.807, 2.05) is 25.1 Å². The molecular formula is C15H13ClINO2. The topological polar surface area (TPSA) is 38.3 Å². The molecule has 0 aliphatic rings. The summed E-state index contributed by atoms with van der Waals surface area (Å²) < 4.78 is 6.31. The number of rotatable bonds is 3. The molecule has 2 aromatic carbocycles. The molecule has 0 radical (unpaired) electrons. The van der Waals surface area contributed by atoms with Crippen LogP contribution in [0.5, 0.6) is 5.75 Å². The smallest absolute Gasteiger partial charge is 0.259 e. The number of amides is 1. The molecule has 104 valence electrons. The maximum absolute atomic E-state index is 12.3. The number of hydrogen-bond acceptors (Lipinski definition) is 2. The third-order valence-corrected chi connectivity index (χ3v) is 3.75. The number of nitrogens with one attached hydrogen (secondary N) is 1. The van der Waals surface area contributed by atoms with E-state index in [0.717, 1.165) is 14.8 Å². The second-order valence-corrected chi connectivity index (χ2v) is 5.94. The number of anilines is 1. The monoisotopic (exact) mass is 401 g/mol. The number of carbonyl (C=O) groups is 1. The highest BCUT2D eigenvalue weighted by atomic mass is 127. The Bertz CT molecular complexity index is 658. The second-order valence-electron chi connectivity index (χ2n) is 4.26. The summed E-state index contributed by atoms with van der Waals surface area (Å²) in [5.74, 6) is 0.253. The van der Waals surface area contributed by atoms with Gasteiger partial charge in [0, 0.05) is 14.3 Å². The highest BCUT2D eigenvalue weighted by Crippen LogP contribution is 2.25. The molecule has 2 rings (SSSR count). The zero-order valence-electron chi connectivity index (χ0n) is 11.0. The van der Waals surface area contributed by atoms with Gasteiger partial charge in [-0.1, -0.05) is 11.6 Å². The van der Waals surface area contributed by atoms with Gasteiger partial charge in [-0.25, -0.2) is 0 Å². The first kappa shape index (κ1) is 15.1. The minimum absolute atomic E-state index is 0.242. The van der Waals surface area contributed by atoms with Crippen LogP contribution in [-0.4, -0.2) is 13.0 Å². The second kappa shape index (κ2) is 6.45. The normalized spacial score (nSPS) is 10.2. The summed E-state index contributed by atoms with van der Waals surface area (Å²) in [6.07, 6.45) is 0. The van der Waals surface area contributed by atoms with Gasteiger partial charge in [-0.2, -0.15) is 0 Å². The largest absolute Gasteiger partial charge is 0.496 e. The number of carbonyl (C=O) groups excluding carboxylic acids is 1. The van der Waals surface area contributed by atoms with Crippen molar-refractivity contribution in [1.29, 1.82) is 0 Å². The fourth-order valence-electron chi connectivity index (χ4n) is 1.81. The molecule has 20 heavy (non-hydrogen) atoms. The van der Waals surface area contributed by atoms with Crippen molar-refractivity contribution < 1.29 is 9.53 Å². The van der Waals surface area contributed by atoms with E-state index >= 15 is 0 Å². The van der Waals surface area contributed by atoms with E-state index in [4.69, 9.17) is 16.3 Å². The maximum Gasteiger partial charge on any atom is 0.259 e. The zero-order chi connectivity index (χ0) is 14.7. The third-order valence-electron chi connectivity index (χ3n) is 2.84. The lowest BCUT2D eigenvalue weighted by Gasteiger charge is -2.11. The van der Waals surface area contributed by atoms with Crippen molar-refractivity contribution >= 4 is 45.8 Å². The van der Waals surface area contributed by atoms with Gasteiger partial charge in [0.25, 0.3) is 5.91 Å². The van der Waals surface area contributed by atoms with Crippen LogP contribution in [0.2, 0.25) is 5.02 Å². The molecule has 3 nitrogen and oxygen atoms in total. The van der Waals surface area contributed by atoms with Crippen LogP contribution in [0.25, 0.3) is 0 Å². The Labute approximate surface area is 136 Å². The first-order valence-electron chi connectivity index (χ1n) is 5.92.